The number of hydrogen-bond donors (Lipinski definition) is 3. The molecule has 82 valence electrons. The van der Waals surface area contributed by atoms with Gasteiger partial charge in [0.1, 0.15) is 0 Å². The van der Waals surface area contributed by atoms with E-state index in [9.17, 15) is 15.1 Å². The van der Waals surface area contributed by atoms with Gasteiger partial charge in [0.15, 0.2) is 5.69 Å². The molecule has 4 N–H and O–H groups in total. The predicted molar refractivity (Wildman–Crippen MR) is 54.9 cm³/mol. The lowest BCUT2D eigenvalue weighted by Gasteiger charge is -1.93. The molecule has 1 aromatic heterocycles. The number of azo groups is 1. The Morgan fingerprint density at radius 2 is 2.06 bits per heavy atom. The molecular weight excluding hydrogens is 212 g/mol. The number of aromatic hydroxyl groups is 1. The number of nitrogens with zero attached hydrogens (tertiary/aromatic N) is 3. The summed E-state index contributed by atoms with van der Waals surface area (Å²) in [4.78, 5) is 10.4. The fraction of sp³-hybridized carbons (Fsp3) is 0. The third-order valence-corrected chi connectivity index (χ3v) is 2.05. The minimum Gasteiger partial charge on any atom is -0.491 e. The van der Waals surface area contributed by atoms with Gasteiger partial charge in [-0.25, -0.2) is 4.79 Å². The number of benzene rings is 1. The van der Waals surface area contributed by atoms with Crippen LogP contribution in [0.15, 0.2) is 34.5 Å². The summed E-state index contributed by atoms with van der Waals surface area (Å²) in [6.45, 7) is 0. The number of amides is 2. The molecule has 2 amide bonds. The van der Waals surface area contributed by atoms with Gasteiger partial charge in [-0.2, -0.15) is 0 Å². The average Bonchev–Trinajstić information content (AvgIpc) is 2.50. The summed E-state index contributed by atoms with van der Waals surface area (Å²) < 4.78 is 0.560. The van der Waals surface area contributed by atoms with Crippen LogP contribution in [0.4, 0.5) is 10.5 Å². The van der Waals surface area contributed by atoms with E-state index < -0.39 is 11.9 Å². The van der Waals surface area contributed by atoms with Crippen molar-refractivity contribution in [2.24, 2.45) is 16.0 Å². The second-order valence-corrected chi connectivity index (χ2v) is 3.04. The summed E-state index contributed by atoms with van der Waals surface area (Å²) in [6, 6.07) is 5.61. The van der Waals surface area contributed by atoms with Crippen LogP contribution in [-0.2, 0) is 0 Å². The Kier molecular flexibility index (Phi) is 2.20. The van der Waals surface area contributed by atoms with Crippen molar-refractivity contribution in [1.29, 1.82) is 0 Å². The van der Waals surface area contributed by atoms with E-state index in [0.717, 1.165) is 0 Å². The molecule has 7 heteroatoms. The number of carbonyl (C=O) groups is 1. The number of carbonyl (C=O) groups excluding carboxylic acids is 1. The Balaban J connectivity index is 2.69. The van der Waals surface area contributed by atoms with Gasteiger partial charge in [0.2, 0.25) is 0 Å². The number of rotatable bonds is 1. The first-order valence-electron chi connectivity index (χ1n) is 4.34. The van der Waals surface area contributed by atoms with Crippen LogP contribution in [0.2, 0.25) is 0 Å². The third-order valence-electron chi connectivity index (χ3n) is 2.05. The van der Waals surface area contributed by atoms with Crippen molar-refractivity contribution in [2.75, 3.05) is 0 Å². The SMILES string of the molecule is NC(=O)N=Nc1c(O)n(O)c2ccccc12. The average molecular weight is 220 g/mol. The molecule has 0 saturated carbocycles. The summed E-state index contributed by atoms with van der Waals surface area (Å²) in [5.74, 6) is -0.494. The Labute approximate surface area is 89.4 Å². The summed E-state index contributed by atoms with van der Waals surface area (Å²) in [7, 11) is 0. The highest BCUT2D eigenvalue weighted by Crippen LogP contribution is 2.37. The van der Waals surface area contributed by atoms with Crippen LogP contribution in [-0.4, -0.2) is 21.1 Å². The minimum absolute atomic E-state index is 0.00287. The number of para-hydroxylation sites is 1. The van der Waals surface area contributed by atoms with E-state index >= 15 is 0 Å². The largest absolute Gasteiger partial charge is 0.491 e. The predicted octanol–water partition coefficient (Wildman–Crippen LogP) is 1.75. The zero-order valence-corrected chi connectivity index (χ0v) is 8.03. The standard InChI is InChI=1S/C9H8N4O3/c10-9(15)12-11-7-5-3-1-2-4-6(5)13(16)8(7)14/h1-4,14,16H,(H2,10,15). The number of fused-ring (bicyclic) bond motifs is 1. The second-order valence-electron chi connectivity index (χ2n) is 3.04. The summed E-state index contributed by atoms with van der Waals surface area (Å²) in [6.07, 6.45) is 0. The van der Waals surface area contributed by atoms with E-state index in [4.69, 9.17) is 5.73 Å². The molecule has 1 aromatic carbocycles. The van der Waals surface area contributed by atoms with Crippen LogP contribution in [0.5, 0.6) is 5.88 Å². The van der Waals surface area contributed by atoms with Gasteiger partial charge in [0.05, 0.1) is 5.52 Å². The van der Waals surface area contributed by atoms with E-state index in [-0.39, 0.29) is 5.69 Å². The highest BCUT2D eigenvalue weighted by Gasteiger charge is 2.15. The fourth-order valence-corrected chi connectivity index (χ4v) is 1.39. The molecule has 0 bridgehead atoms. The van der Waals surface area contributed by atoms with Crippen molar-refractivity contribution in [2.45, 2.75) is 0 Å². The number of nitrogens with two attached hydrogens (primary N) is 1. The van der Waals surface area contributed by atoms with Crippen LogP contribution in [0.25, 0.3) is 10.9 Å². The van der Waals surface area contributed by atoms with Gasteiger partial charge in [-0.15, -0.1) is 9.84 Å². The summed E-state index contributed by atoms with van der Waals surface area (Å²) in [5, 5.41) is 26.1. The third kappa shape index (κ3) is 1.44. The first kappa shape index (κ1) is 9.97. The van der Waals surface area contributed by atoms with Gasteiger partial charge >= 0.3 is 6.03 Å². The topological polar surface area (TPSA) is 113 Å². The number of primary amides is 1. The van der Waals surface area contributed by atoms with E-state index in [0.29, 0.717) is 15.6 Å². The molecule has 0 aliphatic carbocycles. The van der Waals surface area contributed by atoms with Crippen LogP contribution in [0.3, 0.4) is 0 Å². The molecule has 0 spiro atoms. The number of aromatic nitrogens is 1. The molecular formula is C9H8N4O3. The lowest BCUT2D eigenvalue weighted by molar-refractivity contribution is 0.168. The zero-order valence-electron chi connectivity index (χ0n) is 8.03. The van der Waals surface area contributed by atoms with Crippen molar-refractivity contribution in [3.63, 3.8) is 0 Å². The van der Waals surface area contributed by atoms with E-state index in [1.165, 1.54) is 0 Å². The van der Waals surface area contributed by atoms with Crippen molar-refractivity contribution in [1.82, 2.24) is 4.73 Å². The van der Waals surface area contributed by atoms with Crippen LogP contribution < -0.4 is 5.73 Å². The van der Waals surface area contributed by atoms with Crippen LogP contribution in [0.1, 0.15) is 0 Å². The maximum absolute atomic E-state index is 10.4. The van der Waals surface area contributed by atoms with Crippen molar-refractivity contribution in [3.05, 3.63) is 24.3 Å². The van der Waals surface area contributed by atoms with E-state index in [1.807, 2.05) is 0 Å². The Morgan fingerprint density at radius 1 is 1.38 bits per heavy atom. The van der Waals surface area contributed by atoms with Gasteiger partial charge in [0.25, 0.3) is 5.88 Å². The van der Waals surface area contributed by atoms with E-state index in [2.05, 4.69) is 10.2 Å². The van der Waals surface area contributed by atoms with Gasteiger partial charge in [0, 0.05) is 5.39 Å². The molecule has 2 rings (SSSR count). The Hall–Kier alpha value is -2.57. The molecule has 7 nitrogen and oxygen atoms in total. The lowest BCUT2D eigenvalue weighted by Crippen LogP contribution is -2.01. The monoisotopic (exact) mass is 220 g/mol. The molecule has 1 heterocycles. The normalized spacial score (nSPS) is 11.2. The molecule has 0 aliphatic rings. The Bertz CT molecular complexity index is 588. The maximum Gasteiger partial charge on any atom is 0.356 e. The van der Waals surface area contributed by atoms with E-state index in [1.54, 1.807) is 24.3 Å². The van der Waals surface area contributed by atoms with Gasteiger partial charge < -0.3 is 16.0 Å². The molecule has 0 unspecified atom stereocenters. The summed E-state index contributed by atoms with van der Waals surface area (Å²) in [5.41, 5.74) is 5.15. The fourth-order valence-electron chi connectivity index (χ4n) is 1.39. The zero-order chi connectivity index (χ0) is 11.7. The Morgan fingerprint density at radius 3 is 2.75 bits per heavy atom. The number of urea groups is 1. The molecule has 0 atom stereocenters. The van der Waals surface area contributed by atoms with Crippen molar-refractivity contribution in [3.8, 4) is 5.88 Å². The highest BCUT2D eigenvalue weighted by molar-refractivity contribution is 5.94. The highest BCUT2D eigenvalue weighted by atomic mass is 16.5. The second kappa shape index (κ2) is 3.54. The van der Waals surface area contributed by atoms with Gasteiger partial charge in [-0.05, 0) is 6.07 Å². The molecule has 0 aliphatic heterocycles. The lowest BCUT2D eigenvalue weighted by atomic mass is 10.2. The quantitative estimate of drug-likeness (QED) is 0.502. The molecule has 0 saturated heterocycles. The first-order chi connectivity index (χ1) is 7.61. The van der Waals surface area contributed by atoms with Crippen molar-refractivity contribution < 1.29 is 15.1 Å². The molecule has 2 aromatic rings. The smallest absolute Gasteiger partial charge is 0.356 e. The minimum atomic E-state index is -0.978. The number of hydrogen-bond acceptors (Lipinski definition) is 4. The summed E-state index contributed by atoms with van der Waals surface area (Å²) >= 11 is 0. The van der Waals surface area contributed by atoms with Crippen LogP contribution in [0, 0.1) is 0 Å². The molecule has 0 radical (unpaired) electrons. The molecule has 0 fully saturated rings. The maximum atomic E-state index is 10.4. The van der Waals surface area contributed by atoms with Crippen LogP contribution >= 0.6 is 0 Å². The van der Waals surface area contributed by atoms with Gasteiger partial charge in [-0.3, -0.25) is 0 Å². The van der Waals surface area contributed by atoms with Gasteiger partial charge in [-0.1, -0.05) is 23.3 Å². The van der Waals surface area contributed by atoms with Crippen molar-refractivity contribution >= 4 is 22.6 Å². The first-order valence-corrected chi connectivity index (χ1v) is 4.34. The molecule has 16 heavy (non-hydrogen) atoms.